The van der Waals surface area contributed by atoms with Crippen LogP contribution in [-0.4, -0.2) is 40.0 Å². The first-order valence-corrected chi connectivity index (χ1v) is 6.80. The van der Waals surface area contributed by atoms with Crippen LogP contribution in [0, 0.1) is 19.3 Å². The van der Waals surface area contributed by atoms with Crippen LogP contribution in [0.3, 0.4) is 0 Å². The predicted molar refractivity (Wildman–Crippen MR) is 74.6 cm³/mol. The molecule has 108 valence electrons. The van der Waals surface area contributed by atoms with Crippen molar-refractivity contribution in [2.45, 2.75) is 33.6 Å². The molecule has 5 heteroatoms. The number of aliphatic carboxylic acids is 1. The van der Waals surface area contributed by atoms with Gasteiger partial charge in [0.1, 0.15) is 0 Å². The van der Waals surface area contributed by atoms with Crippen molar-refractivity contribution in [3.05, 3.63) is 29.1 Å². The van der Waals surface area contributed by atoms with Crippen molar-refractivity contribution < 1.29 is 14.7 Å². The number of likely N-dealkylation sites (tertiary alicyclic amines) is 1. The molecule has 0 radical (unpaired) electrons. The first-order valence-electron chi connectivity index (χ1n) is 6.80. The Kier molecular flexibility index (Phi) is 3.79. The highest BCUT2D eigenvalue weighted by atomic mass is 16.4. The van der Waals surface area contributed by atoms with E-state index in [1.165, 1.54) is 0 Å². The van der Waals surface area contributed by atoms with Crippen molar-refractivity contribution in [1.29, 1.82) is 0 Å². The SMILES string of the molecule is Cc1ccc(C(=O)N2CCC(C)(C(=O)O)CC2)c(C)n1. The van der Waals surface area contributed by atoms with Crippen LogP contribution in [-0.2, 0) is 4.79 Å². The monoisotopic (exact) mass is 276 g/mol. The van der Waals surface area contributed by atoms with Crippen LogP contribution in [0.25, 0.3) is 0 Å². The maximum absolute atomic E-state index is 12.5. The van der Waals surface area contributed by atoms with Gasteiger partial charge in [-0.1, -0.05) is 0 Å². The second-order valence-electron chi connectivity index (χ2n) is 5.74. The van der Waals surface area contributed by atoms with Crippen molar-refractivity contribution in [1.82, 2.24) is 9.88 Å². The van der Waals surface area contributed by atoms with E-state index in [9.17, 15) is 14.7 Å². The summed E-state index contributed by atoms with van der Waals surface area (Å²) in [5.74, 6) is -0.833. The van der Waals surface area contributed by atoms with Crippen LogP contribution < -0.4 is 0 Å². The molecule has 0 saturated carbocycles. The molecule has 1 amide bonds. The molecule has 1 aromatic heterocycles. The second-order valence-corrected chi connectivity index (χ2v) is 5.74. The Balaban J connectivity index is 2.11. The van der Waals surface area contributed by atoms with Crippen LogP contribution in [0.4, 0.5) is 0 Å². The fraction of sp³-hybridized carbons (Fsp3) is 0.533. The molecule has 0 bridgehead atoms. The lowest BCUT2D eigenvalue weighted by Crippen LogP contribution is -2.45. The lowest BCUT2D eigenvalue weighted by atomic mass is 9.80. The smallest absolute Gasteiger partial charge is 0.309 e. The van der Waals surface area contributed by atoms with Gasteiger partial charge in [-0.3, -0.25) is 14.6 Å². The third-order valence-electron chi connectivity index (χ3n) is 4.13. The molecule has 5 nitrogen and oxygen atoms in total. The molecule has 1 aromatic rings. The first kappa shape index (κ1) is 14.5. The van der Waals surface area contributed by atoms with Gasteiger partial charge in [-0.25, -0.2) is 0 Å². The zero-order valence-electron chi connectivity index (χ0n) is 12.1. The lowest BCUT2D eigenvalue weighted by molar-refractivity contribution is -0.150. The minimum Gasteiger partial charge on any atom is -0.481 e. The summed E-state index contributed by atoms with van der Waals surface area (Å²) in [4.78, 5) is 29.7. The molecule has 0 aromatic carbocycles. The summed E-state index contributed by atoms with van der Waals surface area (Å²) < 4.78 is 0. The van der Waals surface area contributed by atoms with Gasteiger partial charge >= 0.3 is 5.97 Å². The van der Waals surface area contributed by atoms with Crippen LogP contribution in [0.2, 0.25) is 0 Å². The van der Waals surface area contributed by atoms with E-state index in [1.54, 1.807) is 17.9 Å². The Morgan fingerprint density at radius 3 is 2.35 bits per heavy atom. The molecule has 0 atom stereocenters. The highest BCUT2D eigenvalue weighted by Gasteiger charge is 2.38. The van der Waals surface area contributed by atoms with Gasteiger partial charge in [0.25, 0.3) is 5.91 Å². The van der Waals surface area contributed by atoms with Gasteiger partial charge in [-0.15, -0.1) is 0 Å². The van der Waals surface area contributed by atoms with E-state index < -0.39 is 11.4 Å². The summed E-state index contributed by atoms with van der Waals surface area (Å²) in [6, 6.07) is 3.62. The molecule has 1 aliphatic heterocycles. The van der Waals surface area contributed by atoms with Crippen molar-refractivity contribution in [2.75, 3.05) is 13.1 Å². The van der Waals surface area contributed by atoms with Crippen molar-refractivity contribution in [3.63, 3.8) is 0 Å². The summed E-state index contributed by atoms with van der Waals surface area (Å²) in [7, 11) is 0. The Hall–Kier alpha value is -1.91. The molecule has 0 aliphatic carbocycles. The van der Waals surface area contributed by atoms with Crippen LogP contribution in [0.15, 0.2) is 12.1 Å². The van der Waals surface area contributed by atoms with E-state index in [0.717, 1.165) is 11.4 Å². The molecule has 20 heavy (non-hydrogen) atoms. The highest BCUT2D eigenvalue weighted by molar-refractivity contribution is 5.95. The van der Waals surface area contributed by atoms with Crippen LogP contribution in [0.1, 0.15) is 41.5 Å². The van der Waals surface area contributed by atoms with Gasteiger partial charge in [0.05, 0.1) is 16.7 Å². The molecule has 0 unspecified atom stereocenters. The van der Waals surface area contributed by atoms with Gasteiger partial charge in [0.15, 0.2) is 0 Å². The molecule has 2 rings (SSSR count). The maximum atomic E-state index is 12.5. The van der Waals surface area contributed by atoms with E-state index in [1.807, 2.05) is 19.9 Å². The topological polar surface area (TPSA) is 70.5 Å². The van der Waals surface area contributed by atoms with E-state index in [-0.39, 0.29) is 5.91 Å². The molecule has 0 spiro atoms. The number of hydrogen-bond acceptors (Lipinski definition) is 3. The number of carbonyl (C=O) groups is 2. The fourth-order valence-corrected chi connectivity index (χ4v) is 2.50. The van der Waals surface area contributed by atoms with E-state index in [4.69, 9.17) is 0 Å². The Morgan fingerprint density at radius 2 is 1.85 bits per heavy atom. The summed E-state index contributed by atoms with van der Waals surface area (Å²) in [5, 5.41) is 9.20. The average Bonchev–Trinajstić information content (AvgIpc) is 2.38. The van der Waals surface area contributed by atoms with Crippen LogP contribution >= 0.6 is 0 Å². The van der Waals surface area contributed by atoms with Gasteiger partial charge in [-0.05, 0) is 45.7 Å². The minimum atomic E-state index is -0.780. The standard InChI is InChI=1S/C15H20N2O3/c1-10-4-5-12(11(2)16-10)13(18)17-8-6-15(3,7-9-17)14(19)20/h4-5H,6-9H2,1-3H3,(H,19,20). The predicted octanol–water partition coefficient (Wildman–Crippen LogP) is 2.03. The Labute approximate surface area is 118 Å². The summed E-state index contributed by atoms with van der Waals surface area (Å²) >= 11 is 0. The third kappa shape index (κ3) is 2.66. The number of carboxylic acids is 1. The van der Waals surface area contributed by atoms with Gasteiger partial charge in [0, 0.05) is 18.8 Å². The normalized spacial score (nSPS) is 17.9. The van der Waals surface area contributed by atoms with Gasteiger partial charge in [0.2, 0.25) is 0 Å². The second kappa shape index (κ2) is 5.23. The number of aromatic nitrogens is 1. The Bertz CT molecular complexity index is 546. The van der Waals surface area contributed by atoms with Gasteiger partial charge < -0.3 is 10.0 Å². The number of aryl methyl sites for hydroxylation is 2. The third-order valence-corrected chi connectivity index (χ3v) is 4.13. The van der Waals surface area contributed by atoms with Crippen molar-refractivity contribution in [2.24, 2.45) is 5.41 Å². The zero-order valence-corrected chi connectivity index (χ0v) is 12.1. The van der Waals surface area contributed by atoms with E-state index >= 15 is 0 Å². The molecule has 1 fully saturated rings. The quantitative estimate of drug-likeness (QED) is 0.897. The lowest BCUT2D eigenvalue weighted by Gasteiger charge is -2.36. The molecular formula is C15H20N2O3. The minimum absolute atomic E-state index is 0.0533. The number of piperidine rings is 1. The van der Waals surface area contributed by atoms with Gasteiger partial charge in [-0.2, -0.15) is 0 Å². The number of rotatable bonds is 2. The number of carboxylic acid groups (broad SMARTS) is 1. The summed E-state index contributed by atoms with van der Waals surface area (Å²) in [6.45, 7) is 6.42. The average molecular weight is 276 g/mol. The number of nitrogens with zero attached hydrogens (tertiary/aromatic N) is 2. The number of amides is 1. The highest BCUT2D eigenvalue weighted by Crippen LogP contribution is 2.31. The zero-order chi connectivity index (χ0) is 14.9. The molecule has 2 heterocycles. The summed E-state index contributed by atoms with van der Waals surface area (Å²) in [6.07, 6.45) is 0.985. The fourth-order valence-electron chi connectivity index (χ4n) is 2.50. The molecular weight excluding hydrogens is 256 g/mol. The summed E-state index contributed by atoms with van der Waals surface area (Å²) in [5.41, 5.74) is 1.50. The molecule has 1 aliphatic rings. The molecule has 1 N–H and O–H groups in total. The number of hydrogen-bond donors (Lipinski definition) is 1. The maximum Gasteiger partial charge on any atom is 0.309 e. The Morgan fingerprint density at radius 1 is 1.25 bits per heavy atom. The van der Waals surface area contributed by atoms with Crippen molar-refractivity contribution in [3.8, 4) is 0 Å². The number of carbonyl (C=O) groups excluding carboxylic acids is 1. The van der Waals surface area contributed by atoms with E-state index in [2.05, 4.69) is 4.98 Å². The molecule has 1 saturated heterocycles. The largest absolute Gasteiger partial charge is 0.481 e. The van der Waals surface area contributed by atoms with E-state index in [0.29, 0.717) is 31.5 Å². The van der Waals surface area contributed by atoms with Crippen LogP contribution in [0.5, 0.6) is 0 Å². The van der Waals surface area contributed by atoms with Crippen molar-refractivity contribution >= 4 is 11.9 Å². The first-order chi connectivity index (χ1) is 9.33. The number of pyridine rings is 1.